The molecular formula is C25H30N8O. The van der Waals surface area contributed by atoms with Crippen LogP contribution in [0, 0.1) is 18.3 Å². The molecule has 1 aliphatic rings. The summed E-state index contributed by atoms with van der Waals surface area (Å²) in [6, 6.07) is 9.32. The first-order valence-corrected chi connectivity index (χ1v) is 11.7. The van der Waals surface area contributed by atoms with Crippen molar-refractivity contribution in [2.24, 2.45) is 0 Å². The number of nitrogens with one attached hydrogen (secondary N) is 3. The predicted molar refractivity (Wildman–Crippen MR) is 131 cm³/mol. The van der Waals surface area contributed by atoms with Gasteiger partial charge in [-0.1, -0.05) is 25.5 Å². The number of carbonyl (C=O) groups is 1. The van der Waals surface area contributed by atoms with Gasteiger partial charge in [-0.15, -0.1) is 0 Å². The van der Waals surface area contributed by atoms with Gasteiger partial charge in [-0.2, -0.15) is 10.4 Å². The summed E-state index contributed by atoms with van der Waals surface area (Å²) in [6.07, 6.45) is 9.11. The Morgan fingerprint density at radius 1 is 1.32 bits per heavy atom. The molecule has 0 spiro atoms. The van der Waals surface area contributed by atoms with Crippen LogP contribution in [-0.4, -0.2) is 44.8 Å². The highest BCUT2D eigenvalue weighted by atomic mass is 16.1. The average Bonchev–Trinajstić information content (AvgIpc) is 3.34. The third-order valence-electron chi connectivity index (χ3n) is 5.95. The summed E-state index contributed by atoms with van der Waals surface area (Å²) < 4.78 is 2.01. The maximum atomic E-state index is 12.7. The molecule has 1 atom stereocenters. The standard InChI is InChI=1S/C25H30N8O/c1-3-5-20(13-26)30-24(34)19-7-4-6-18(12-19)23-17(2)14-28-25(32-23)31-21-15-29-33(16-21)22-8-10-27-11-9-22/h4,6-7,12,14-16,20,22,27H,3,5,8-11H2,1-2H3,(H,30,34)(H,28,31,32). The third kappa shape index (κ3) is 5.58. The molecule has 3 aromatic rings. The van der Waals surface area contributed by atoms with Gasteiger partial charge < -0.3 is 16.0 Å². The Balaban J connectivity index is 1.51. The van der Waals surface area contributed by atoms with E-state index >= 15 is 0 Å². The largest absolute Gasteiger partial charge is 0.336 e. The number of nitriles is 1. The second-order valence-electron chi connectivity index (χ2n) is 8.57. The number of rotatable bonds is 8. The molecule has 2 aromatic heterocycles. The van der Waals surface area contributed by atoms with Crippen LogP contribution in [-0.2, 0) is 0 Å². The van der Waals surface area contributed by atoms with Crippen LogP contribution in [0.4, 0.5) is 11.6 Å². The second kappa shape index (κ2) is 10.9. The second-order valence-corrected chi connectivity index (χ2v) is 8.57. The summed E-state index contributed by atoms with van der Waals surface area (Å²) in [5.74, 6) is 0.199. The topological polar surface area (TPSA) is 121 Å². The molecule has 3 heterocycles. The van der Waals surface area contributed by atoms with Crippen LogP contribution in [0.25, 0.3) is 11.3 Å². The van der Waals surface area contributed by atoms with Gasteiger partial charge in [0.25, 0.3) is 5.91 Å². The molecule has 34 heavy (non-hydrogen) atoms. The van der Waals surface area contributed by atoms with E-state index in [2.05, 4.69) is 32.1 Å². The molecule has 176 valence electrons. The van der Waals surface area contributed by atoms with Gasteiger partial charge in [0, 0.05) is 23.5 Å². The normalized spacial score (nSPS) is 14.9. The number of hydrogen-bond donors (Lipinski definition) is 3. The van der Waals surface area contributed by atoms with E-state index in [0.717, 1.165) is 54.9 Å². The van der Waals surface area contributed by atoms with Crippen molar-refractivity contribution in [1.82, 2.24) is 30.4 Å². The fourth-order valence-corrected chi connectivity index (χ4v) is 4.10. The number of benzene rings is 1. The quantitative estimate of drug-likeness (QED) is 0.470. The maximum absolute atomic E-state index is 12.7. The fraction of sp³-hybridized carbons (Fsp3) is 0.400. The molecule has 1 aliphatic heterocycles. The molecule has 1 aromatic carbocycles. The van der Waals surface area contributed by atoms with Crippen LogP contribution in [0.1, 0.15) is 54.6 Å². The number of amides is 1. The minimum atomic E-state index is -0.497. The number of nitrogens with zero attached hydrogens (tertiary/aromatic N) is 5. The Morgan fingerprint density at radius 3 is 2.91 bits per heavy atom. The summed E-state index contributed by atoms with van der Waals surface area (Å²) >= 11 is 0. The SMILES string of the molecule is CCCC(C#N)NC(=O)c1cccc(-c2nc(Nc3cnn(C4CCNCC4)c3)ncc2C)c1. The van der Waals surface area contributed by atoms with Crippen molar-refractivity contribution in [2.45, 2.75) is 51.6 Å². The molecule has 1 amide bonds. The van der Waals surface area contributed by atoms with Crippen molar-refractivity contribution in [3.8, 4) is 17.3 Å². The van der Waals surface area contributed by atoms with E-state index in [1.165, 1.54) is 0 Å². The number of piperidine rings is 1. The van der Waals surface area contributed by atoms with Crippen LogP contribution in [0.3, 0.4) is 0 Å². The summed E-state index contributed by atoms with van der Waals surface area (Å²) in [7, 11) is 0. The van der Waals surface area contributed by atoms with Crippen molar-refractivity contribution in [3.05, 3.63) is 54.0 Å². The van der Waals surface area contributed by atoms with Gasteiger partial charge in [-0.3, -0.25) is 9.48 Å². The molecular weight excluding hydrogens is 428 g/mol. The Morgan fingerprint density at radius 2 is 2.15 bits per heavy atom. The number of carbonyl (C=O) groups excluding carboxylic acids is 1. The first kappa shape index (κ1) is 23.4. The van der Waals surface area contributed by atoms with E-state index < -0.39 is 6.04 Å². The smallest absolute Gasteiger partial charge is 0.252 e. The summed E-state index contributed by atoms with van der Waals surface area (Å²) in [6.45, 7) is 5.93. The highest BCUT2D eigenvalue weighted by Crippen LogP contribution is 2.25. The Kier molecular flexibility index (Phi) is 7.50. The molecule has 0 aliphatic carbocycles. The molecule has 4 rings (SSSR count). The maximum Gasteiger partial charge on any atom is 0.252 e. The molecule has 1 saturated heterocycles. The number of hydrogen-bond acceptors (Lipinski definition) is 7. The Hall–Kier alpha value is -3.77. The van der Waals surface area contributed by atoms with E-state index in [1.54, 1.807) is 24.5 Å². The van der Waals surface area contributed by atoms with Crippen molar-refractivity contribution >= 4 is 17.5 Å². The molecule has 1 unspecified atom stereocenters. The van der Waals surface area contributed by atoms with E-state index in [0.29, 0.717) is 24.0 Å². The van der Waals surface area contributed by atoms with E-state index in [4.69, 9.17) is 4.98 Å². The van der Waals surface area contributed by atoms with Gasteiger partial charge in [-0.25, -0.2) is 9.97 Å². The highest BCUT2D eigenvalue weighted by molar-refractivity contribution is 5.95. The highest BCUT2D eigenvalue weighted by Gasteiger charge is 2.17. The van der Waals surface area contributed by atoms with Crippen molar-refractivity contribution in [1.29, 1.82) is 5.26 Å². The molecule has 3 N–H and O–H groups in total. The Bertz CT molecular complexity index is 1180. The monoisotopic (exact) mass is 458 g/mol. The van der Waals surface area contributed by atoms with Crippen molar-refractivity contribution in [3.63, 3.8) is 0 Å². The average molecular weight is 459 g/mol. The first-order valence-electron chi connectivity index (χ1n) is 11.7. The minimum Gasteiger partial charge on any atom is -0.336 e. The van der Waals surface area contributed by atoms with Crippen molar-refractivity contribution in [2.75, 3.05) is 18.4 Å². The fourth-order valence-electron chi connectivity index (χ4n) is 4.10. The van der Waals surface area contributed by atoms with Gasteiger partial charge >= 0.3 is 0 Å². The lowest BCUT2D eigenvalue weighted by Crippen LogP contribution is -2.33. The summed E-state index contributed by atoms with van der Waals surface area (Å²) in [4.78, 5) is 21.8. The van der Waals surface area contributed by atoms with E-state index in [9.17, 15) is 10.1 Å². The van der Waals surface area contributed by atoms with Crippen molar-refractivity contribution < 1.29 is 4.79 Å². The molecule has 0 bridgehead atoms. The zero-order chi connectivity index (χ0) is 23.9. The molecule has 9 heteroatoms. The number of aromatic nitrogens is 4. The van der Waals surface area contributed by atoms with Gasteiger partial charge in [0.15, 0.2) is 0 Å². The summed E-state index contributed by atoms with van der Waals surface area (Å²) in [5, 5.41) is 23.2. The van der Waals surface area contributed by atoms with Gasteiger partial charge in [-0.05, 0) is 57.0 Å². The van der Waals surface area contributed by atoms with Gasteiger partial charge in [0.1, 0.15) is 6.04 Å². The minimum absolute atomic E-state index is 0.266. The van der Waals surface area contributed by atoms with E-state index in [-0.39, 0.29) is 5.91 Å². The van der Waals surface area contributed by atoms with Gasteiger partial charge in [0.2, 0.25) is 5.95 Å². The first-order chi connectivity index (χ1) is 16.6. The predicted octanol–water partition coefficient (Wildman–Crippen LogP) is 3.74. The summed E-state index contributed by atoms with van der Waals surface area (Å²) in [5.41, 5.74) is 3.77. The van der Waals surface area contributed by atoms with Crippen LogP contribution in [0.5, 0.6) is 0 Å². The molecule has 1 fully saturated rings. The lowest BCUT2D eigenvalue weighted by atomic mass is 10.0. The van der Waals surface area contributed by atoms with Crippen LogP contribution in [0.2, 0.25) is 0 Å². The van der Waals surface area contributed by atoms with Gasteiger partial charge in [0.05, 0.1) is 29.7 Å². The number of anilines is 2. The van der Waals surface area contributed by atoms with Crippen LogP contribution >= 0.6 is 0 Å². The zero-order valence-electron chi connectivity index (χ0n) is 19.6. The molecule has 0 saturated carbocycles. The lowest BCUT2D eigenvalue weighted by molar-refractivity contribution is 0.0944. The zero-order valence-corrected chi connectivity index (χ0v) is 19.6. The van der Waals surface area contributed by atoms with Crippen LogP contribution < -0.4 is 16.0 Å². The van der Waals surface area contributed by atoms with E-state index in [1.807, 2.05) is 36.9 Å². The van der Waals surface area contributed by atoms with Crippen LogP contribution in [0.15, 0.2) is 42.9 Å². The Labute approximate surface area is 199 Å². The lowest BCUT2D eigenvalue weighted by Gasteiger charge is -2.22. The molecule has 0 radical (unpaired) electrons. The number of aryl methyl sites for hydroxylation is 1. The third-order valence-corrected chi connectivity index (χ3v) is 5.95. The molecule has 9 nitrogen and oxygen atoms in total.